The first-order chi connectivity index (χ1) is 6.85. The standard InChI is InChI=1S/C8H4BrF3N2O/c1-4-5(2-13)7(14-3-6(4)9)15-8(10,11)12/h3H,1H3. The van der Waals surface area contributed by atoms with Gasteiger partial charge in [0.1, 0.15) is 11.6 Å². The van der Waals surface area contributed by atoms with Gasteiger partial charge in [0.05, 0.1) is 0 Å². The van der Waals surface area contributed by atoms with E-state index in [1.807, 2.05) is 0 Å². The van der Waals surface area contributed by atoms with Crippen LogP contribution >= 0.6 is 15.9 Å². The molecular weight excluding hydrogens is 277 g/mol. The summed E-state index contributed by atoms with van der Waals surface area (Å²) in [5, 5.41) is 8.66. The Morgan fingerprint density at radius 3 is 2.60 bits per heavy atom. The lowest BCUT2D eigenvalue weighted by molar-refractivity contribution is -0.276. The maximum atomic E-state index is 11.9. The van der Waals surface area contributed by atoms with E-state index in [0.717, 1.165) is 6.20 Å². The smallest absolute Gasteiger partial charge is 0.386 e. The zero-order valence-electron chi connectivity index (χ0n) is 7.39. The molecule has 0 spiro atoms. The van der Waals surface area contributed by atoms with Gasteiger partial charge in [0.2, 0.25) is 5.88 Å². The quantitative estimate of drug-likeness (QED) is 0.795. The van der Waals surface area contributed by atoms with Crippen molar-refractivity contribution in [1.29, 1.82) is 5.26 Å². The summed E-state index contributed by atoms with van der Waals surface area (Å²) in [6, 6.07) is 1.61. The molecule has 1 aromatic rings. The van der Waals surface area contributed by atoms with Crippen LogP contribution in [0, 0.1) is 18.3 Å². The fourth-order valence-corrected chi connectivity index (χ4v) is 1.18. The van der Waals surface area contributed by atoms with Crippen LogP contribution in [0.5, 0.6) is 5.88 Å². The summed E-state index contributed by atoms with van der Waals surface area (Å²) in [5.41, 5.74) is 0.119. The second-order valence-electron chi connectivity index (χ2n) is 2.57. The molecule has 0 aliphatic rings. The van der Waals surface area contributed by atoms with E-state index in [4.69, 9.17) is 5.26 Å². The van der Waals surface area contributed by atoms with Gasteiger partial charge in [-0.1, -0.05) is 0 Å². The molecule has 3 nitrogen and oxygen atoms in total. The predicted octanol–water partition coefficient (Wildman–Crippen LogP) is 2.92. The number of hydrogen-bond acceptors (Lipinski definition) is 3. The van der Waals surface area contributed by atoms with E-state index in [-0.39, 0.29) is 5.56 Å². The van der Waals surface area contributed by atoms with Gasteiger partial charge >= 0.3 is 6.36 Å². The Hall–Kier alpha value is -1.29. The Balaban J connectivity index is 3.21. The molecule has 0 atom stereocenters. The van der Waals surface area contributed by atoms with Crippen LogP contribution in [0.4, 0.5) is 13.2 Å². The number of ether oxygens (including phenoxy) is 1. The van der Waals surface area contributed by atoms with Crippen molar-refractivity contribution in [3.63, 3.8) is 0 Å². The molecule has 80 valence electrons. The van der Waals surface area contributed by atoms with Crippen molar-refractivity contribution in [3.05, 3.63) is 21.8 Å². The van der Waals surface area contributed by atoms with Crippen LogP contribution < -0.4 is 4.74 Å². The molecule has 0 amide bonds. The summed E-state index contributed by atoms with van der Waals surface area (Å²) >= 11 is 3.05. The number of nitrogens with zero attached hydrogens (tertiary/aromatic N) is 2. The first-order valence-electron chi connectivity index (χ1n) is 3.66. The van der Waals surface area contributed by atoms with E-state index in [9.17, 15) is 13.2 Å². The van der Waals surface area contributed by atoms with Gasteiger partial charge in [-0.25, -0.2) is 4.98 Å². The maximum Gasteiger partial charge on any atom is 0.574 e. The molecule has 0 radical (unpaired) electrons. The van der Waals surface area contributed by atoms with Crippen LogP contribution in [-0.4, -0.2) is 11.3 Å². The lowest BCUT2D eigenvalue weighted by atomic mass is 10.2. The van der Waals surface area contributed by atoms with Crippen molar-refractivity contribution in [2.24, 2.45) is 0 Å². The first kappa shape index (κ1) is 11.8. The summed E-state index contributed by atoms with van der Waals surface area (Å²) in [7, 11) is 0. The summed E-state index contributed by atoms with van der Waals surface area (Å²) in [6.45, 7) is 1.49. The minimum absolute atomic E-state index is 0.235. The number of nitriles is 1. The Morgan fingerprint density at radius 2 is 2.13 bits per heavy atom. The Morgan fingerprint density at radius 1 is 1.53 bits per heavy atom. The van der Waals surface area contributed by atoms with Crippen molar-refractivity contribution in [3.8, 4) is 11.9 Å². The second-order valence-corrected chi connectivity index (χ2v) is 3.43. The Labute approximate surface area is 91.6 Å². The highest BCUT2D eigenvalue weighted by Crippen LogP contribution is 2.29. The van der Waals surface area contributed by atoms with Gasteiger partial charge in [-0.15, -0.1) is 13.2 Å². The average molecular weight is 281 g/mol. The van der Waals surface area contributed by atoms with Crippen molar-refractivity contribution in [1.82, 2.24) is 4.98 Å². The van der Waals surface area contributed by atoms with E-state index >= 15 is 0 Å². The lowest BCUT2D eigenvalue weighted by Gasteiger charge is -2.10. The van der Waals surface area contributed by atoms with Crippen LogP contribution in [0.2, 0.25) is 0 Å². The monoisotopic (exact) mass is 280 g/mol. The van der Waals surface area contributed by atoms with E-state index in [1.165, 1.54) is 6.92 Å². The molecule has 0 fully saturated rings. The van der Waals surface area contributed by atoms with E-state index in [1.54, 1.807) is 6.07 Å². The second kappa shape index (κ2) is 4.06. The topological polar surface area (TPSA) is 45.9 Å². The molecule has 0 bridgehead atoms. The molecule has 0 aliphatic carbocycles. The van der Waals surface area contributed by atoms with E-state index in [2.05, 4.69) is 25.7 Å². The molecule has 0 aliphatic heterocycles. The number of hydrogen-bond donors (Lipinski definition) is 0. The highest BCUT2D eigenvalue weighted by molar-refractivity contribution is 9.10. The molecular formula is C8H4BrF3N2O. The fourth-order valence-electron chi connectivity index (χ4n) is 0.875. The molecule has 1 heterocycles. The third-order valence-electron chi connectivity index (χ3n) is 1.57. The van der Waals surface area contributed by atoms with Crippen molar-refractivity contribution >= 4 is 15.9 Å². The highest BCUT2D eigenvalue weighted by Gasteiger charge is 2.33. The van der Waals surface area contributed by atoms with E-state index < -0.39 is 12.2 Å². The third kappa shape index (κ3) is 2.83. The fraction of sp³-hybridized carbons (Fsp3) is 0.250. The number of halogens is 4. The summed E-state index contributed by atoms with van der Waals surface area (Å²) in [6.07, 6.45) is -3.70. The molecule has 0 N–H and O–H groups in total. The minimum atomic E-state index is -4.85. The SMILES string of the molecule is Cc1c(Br)cnc(OC(F)(F)F)c1C#N. The summed E-state index contributed by atoms with van der Waals surface area (Å²) < 4.78 is 39.8. The molecule has 7 heteroatoms. The summed E-state index contributed by atoms with van der Waals surface area (Å²) in [4.78, 5) is 3.38. The molecule has 1 aromatic heterocycles. The molecule has 15 heavy (non-hydrogen) atoms. The summed E-state index contributed by atoms with van der Waals surface area (Å²) in [5.74, 6) is -0.731. The van der Waals surface area contributed by atoms with Gasteiger partial charge in [-0.2, -0.15) is 5.26 Å². The van der Waals surface area contributed by atoms with Gasteiger partial charge in [0.25, 0.3) is 0 Å². The van der Waals surface area contributed by atoms with Crippen LogP contribution in [0.3, 0.4) is 0 Å². The Bertz CT molecular complexity index is 425. The van der Waals surface area contributed by atoms with E-state index in [0.29, 0.717) is 10.0 Å². The van der Waals surface area contributed by atoms with Crippen LogP contribution in [0.15, 0.2) is 10.7 Å². The van der Waals surface area contributed by atoms with Gasteiger partial charge in [0.15, 0.2) is 0 Å². The minimum Gasteiger partial charge on any atom is -0.386 e. The first-order valence-corrected chi connectivity index (χ1v) is 4.45. The predicted molar refractivity (Wildman–Crippen MR) is 48.1 cm³/mol. The molecule has 0 saturated heterocycles. The number of aromatic nitrogens is 1. The number of pyridine rings is 1. The van der Waals surface area contributed by atoms with Gasteiger partial charge in [0, 0.05) is 10.7 Å². The van der Waals surface area contributed by atoms with Crippen LogP contribution in [0.1, 0.15) is 11.1 Å². The molecule has 0 unspecified atom stereocenters. The van der Waals surface area contributed by atoms with Crippen molar-refractivity contribution in [2.75, 3.05) is 0 Å². The highest BCUT2D eigenvalue weighted by atomic mass is 79.9. The molecule has 0 saturated carbocycles. The van der Waals surface area contributed by atoms with Gasteiger partial charge in [-0.3, -0.25) is 0 Å². The maximum absolute atomic E-state index is 11.9. The number of alkyl halides is 3. The normalized spacial score (nSPS) is 10.9. The molecule has 0 aromatic carbocycles. The zero-order valence-corrected chi connectivity index (χ0v) is 8.98. The largest absolute Gasteiger partial charge is 0.574 e. The van der Waals surface area contributed by atoms with Crippen molar-refractivity contribution in [2.45, 2.75) is 13.3 Å². The Kier molecular flexibility index (Phi) is 3.19. The van der Waals surface area contributed by atoms with Gasteiger partial charge < -0.3 is 4.74 Å². The molecule has 1 rings (SSSR count). The third-order valence-corrected chi connectivity index (χ3v) is 2.37. The van der Waals surface area contributed by atoms with Gasteiger partial charge in [-0.05, 0) is 28.4 Å². The van der Waals surface area contributed by atoms with Crippen molar-refractivity contribution < 1.29 is 17.9 Å². The zero-order chi connectivity index (χ0) is 11.6. The average Bonchev–Trinajstić information content (AvgIpc) is 2.10. The lowest BCUT2D eigenvalue weighted by Crippen LogP contribution is -2.19. The number of rotatable bonds is 1. The van der Waals surface area contributed by atoms with Crippen LogP contribution in [0.25, 0.3) is 0 Å². The van der Waals surface area contributed by atoms with Crippen LogP contribution in [-0.2, 0) is 0 Å².